The number of amides is 2. The topological polar surface area (TPSA) is 83.4 Å². The molecule has 0 aromatic carbocycles. The minimum Gasteiger partial charge on any atom is -0.354 e. The molecule has 1 aromatic heterocycles. The Hall–Kier alpha value is -1.86. The number of carbonyl (C=O) groups is 2. The predicted molar refractivity (Wildman–Crippen MR) is 113 cm³/mol. The summed E-state index contributed by atoms with van der Waals surface area (Å²) in [5, 5.41) is 6.50. The van der Waals surface area contributed by atoms with E-state index in [0.717, 1.165) is 51.0 Å². The average molecular weight is 423 g/mol. The standard InChI is InChI=1S/C21H30N4O3.ClH/c26-19(8-10-24-9-3-1-2-6-20(24)27)23-14-18-16-11-15(12-22-13-16)17-5-4-7-21(28)25(17)18;/h4-5,7,15-16,18,22H,1-3,6,8-14H2,(H,23,26);1H/t15-,16+,18+;/m1./s1. The zero-order chi connectivity index (χ0) is 19.5. The number of rotatable bonds is 5. The second kappa shape index (κ2) is 9.76. The SMILES string of the molecule is Cl.O=C(CCN1CCCCCC1=O)NC[C@H]1[C@@H]2CNC[C@@H](C2)c2cccc(=O)n21. The number of carbonyl (C=O) groups excluding carboxylic acids is 2. The summed E-state index contributed by atoms with van der Waals surface area (Å²) in [5.74, 6) is 0.832. The first kappa shape index (κ1) is 21.8. The van der Waals surface area contributed by atoms with Crippen LogP contribution in [0.1, 0.15) is 56.2 Å². The summed E-state index contributed by atoms with van der Waals surface area (Å²) in [4.78, 5) is 38.9. The largest absolute Gasteiger partial charge is 0.354 e. The van der Waals surface area contributed by atoms with Crippen LogP contribution in [-0.2, 0) is 9.59 Å². The van der Waals surface area contributed by atoms with Crippen molar-refractivity contribution < 1.29 is 9.59 Å². The molecule has 7 nitrogen and oxygen atoms in total. The highest BCUT2D eigenvalue weighted by Crippen LogP contribution is 2.38. The molecular weight excluding hydrogens is 392 g/mol. The van der Waals surface area contributed by atoms with Gasteiger partial charge in [0.15, 0.2) is 0 Å². The maximum Gasteiger partial charge on any atom is 0.251 e. The van der Waals surface area contributed by atoms with Crippen LogP contribution < -0.4 is 16.2 Å². The summed E-state index contributed by atoms with van der Waals surface area (Å²) in [5.41, 5.74) is 1.09. The van der Waals surface area contributed by atoms with Gasteiger partial charge in [-0.3, -0.25) is 14.4 Å². The summed E-state index contributed by atoms with van der Waals surface area (Å²) < 4.78 is 1.90. The Bertz CT molecular complexity index is 796. The minimum atomic E-state index is -0.0477. The van der Waals surface area contributed by atoms with E-state index >= 15 is 0 Å². The number of hydrogen-bond acceptors (Lipinski definition) is 4. The molecule has 4 heterocycles. The normalized spacial score (nSPS) is 26.1. The van der Waals surface area contributed by atoms with Crippen LogP contribution in [-0.4, -0.2) is 54.0 Å². The molecule has 1 aromatic rings. The highest BCUT2D eigenvalue weighted by molar-refractivity contribution is 5.85. The molecule has 2 bridgehead atoms. The van der Waals surface area contributed by atoms with Crippen molar-refractivity contribution in [3.63, 3.8) is 0 Å². The lowest BCUT2D eigenvalue weighted by molar-refractivity contribution is -0.131. The molecule has 0 spiro atoms. The molecule has 3 atom stereocenters. The van der Waals surface area contributed by atoms with E-state index in [2.05, 4.69) is 10.6 Å². The molecular formula is C21H31ClN4O3. The highest BCUT2D eigenvalue weighted by Gasteiger charge is 2.37. The first-order valence-electron chi connectivity index (χ1n) is 10.6. The highest BCUT2D eigenvalue weighted by atomic mass is 35.5. The number of pyridine rings is 1. The Kier molecular flexibility index (Phi) is 7.35. The predicted octanol–water partition coefficient (Wildman–Crippen LogP) is 1.43. The van der Waals surface area contributed by atoms with Crippen molar-refractivity contribution in [2.75, 3.05) is 32.7 Å². The molecule has 0 aliphatic carbocycles. The lowest BCUT2D eigenvalue weighted by Gasteiger charge is -2.43. The number of likely N-dealkylation sites (tertiary alicyclic amines) is 1. The maximum absolute atomic E-state index is 12.5. The Balaban J connectivity index is 0.00000240. The summed E-state index contributed by atoms with van der Waals surface area (Å²) in [6.45, 7) is 3.48. The maximum atomic E-state index is 12.5. The number of piperidine rings is 1. The Labute approximate surface area is 177 Å². The average Bonchev–Trinajstić information content (AvgIpc) is 2.91. The molecule has 160 valence electrons. The van der Waals surface area contributed by atoms with Gasteiger partial charge in [0, 0.05) is 63.2 Å². The van der Waals surface area contributed by atoms with E-state index < -0.39 is 0 Å². The molecule has 3 aliphatic rings. The van der Waals surface area contributed by atoms with E-state index in [1.165, 1.54) is 0 Å². The molecule has 2 amide bonds. The summed E-state index contributed by atoms with van der Waals surface area (Å²) in [6.07, 6.45) is 5.03. The minimum absolute atomic E-state index is 0. The van der Waals surface area contributed by atoms with Crippen LogP contribution in [0.5, 0.6) is 0 Å². The fourth-order valence-corrected chi connectivity index (χ4v) is 4.99. The van der Waals surface area contributed by atoms with Crippen LogP contribution in [0.2, 0.25) is 0 Å². The zero-order valence-electron chi connectivity index (χ0n) is 16.8. The zero-order valence-corrected chi connectivity index (χ0v) is 17.6. The van der Waals surface area contributed by atoms with Gasteiger partial charge in [0.1, 0.15) is 0 Å². The van der Waals surface area contributed by atoms with Crippen LogP contribution in [0.25, 0.3) is 0 Å². The molecule has 4 rings (SSSR count). The third-order valence-electron chi connectivity index (χ3n) is 6.49. The molecule has 0 radical (unpaired) electrons. The molecule has 3 aliphatic heterocycles. The quantitative estimate of drug-likeness (QED) is 0.751. The van der Waals surface area contributed by atoms with Crippen molar-refractivity contribution >= 4 is 24.2 Å². The van der Waals surface area contributed by atoms with Crippen LogP contribution in [0, 0.1) is 5.92 Å². The molecule has 0 saturated carbocycles. The number of fused-ring (bicyclic) bond motifs is 4. The van der Waals surface area contributed by atoms with Crippen LogP contribution in [0.15, 0.2) is 23.0 Å². The third-order valence-corrected chi connectivity index (χ3v) is 6.49. The van der Waals surface area contributed by atoms with Gasteiger partial charge in [-0.1, -0.05) is 12.5 Å². The Morgan fingerprint density at radius 1 is 1.17 bits per heavy atom. The van der Waals surface area contributed by atoms with E-state index in [1.54, 1.807) is 6.07 Å². The molecule has 2 saturated heterocycles. The second-order valence-electron chi connectivity index (χ2n) is 8.32. The van der Waals surface area contributed by atoms with Crippen LogP contribution >= 0.6 is 12.4 Å². The van der Waals surface area contributed by atoms with E-state index in [4.69, 9.17) is 0 Å². The molecule has 29 heavy (non-hydrogen) atoms. The van der Waals surface area contributed by atoms with E-state index in [0.29, 0.717) is 37.8 Å². The van der Waals surface area contributed by atoms with Crippen molar-refractivity contribution in [1.29, 1.82) is 0 Å². The molecule has 2 N–H and O–H groups in total. The molecule has 8 heteroatoms. The van der Waals surface area contributed by atoms with Gasteiger partial charge in [0.05, 0.1) is 6.04 Å². The number of hydrogen-bond donors (Lipinski definition) is 2. The Morgan fingerprint density at radius 3 is 2.90 bits per heavy atom. The van der Waals surface area contributed by atoms with Crippen molar-refractivity contribution in [3.05, 3.63) is 34.2 Å². The van der Waals surface area contributed by atoms with E-state index in [1.807, 2.05) is 21.6 Å². The first-order chi connectivity index (χ1) is 13.6. The van der Waals surface area contributed by atoms with Gasteiger partial charge in [0.25, 0.3) is 5.56 Å². The van der Waals surface area contributed by atoms with Gasteiger partial charge < -0.3 is 20.1 Å². The van der Waals surface area contributed by atoms with Crippen molar-refractivity contribution in [2.45, 2.75) is 50.5 Å². The lowest BCUT2D eigenvalue weighted by atomic mass is 9.79. The number of aromatic nitrogens is 1. The van der Waals surface area contributed by atoms with Gasteiger partial charge >= 0.3 is 0 Å². The monoisotopic (exact) mass is 422 g/mol. The van der Waals surface area contributed by atoms with Gasteiger partial charge in [0.2, 0.25) is 11.8 Å². The van der Waals surface area contributed by atoms with E-state index in [-0.39, 0.29) is 35.8 Å². The summed E-state index contributed by atoms with van der Waals surface area (Å²) >= 11 is 0. The third kappa shape index (κ3) is 4.83. The fourth-order valence-electron chi connectivity index (χ4n) is 4.99. The van der Waals surface area contributed by atoms with Crippen LogP contribution in [0.4, 0.5) is 0 Å². The first-order valence-corrected chi connectivity index (χ1v) is 10.6. The fraction of sp³-hybridized carbons (Fsp3) is 0.667. The van der Waals surface area contributed by atoms with Gasteiger partial charge in [-0.05, 0) is 31.2 Å². The van der Waals surface area contributed by atoms with Crippen LogP contribution in [0.3, 0.4) is 0 Å². The second-order valence-corrected chi connectivity index (χ2v) is 8.32. The van der Waals surface area contributed by atoms with Crippen molar-refractivity contribution in [3.8, 4) is 0 Å². The Morgan fingerprint density at radius 2 is 2.03 bits per heavy atom. The molecule has 2 fully saturated rings. The van der Waals surface area contributed by atoms with Gasteiger partial charge in [-0.15, -0.1) is 12.4 Å². The van der Waals surface area contributed by atoms with E-state index in [9.17, 15) is 14.4 Å². The number of halogens is 1. The summed E-state index contributed by atoms with van der Waals surface area (Å²) in [7, 11) is 0. The lowest BCUT2D eigenvalue weighted by Crippen LogP contribution is -2.50. The molecule has 0 unspecified atom stereocenters. The smallest absolute Gasteiger partial charge is 0.251 e. The van der Waals surface area contributed by atoms with Gasteiger partial charge in [-0.25, -0.2) is 0 Å². The van der Waals surface area contributed by atoms with Crippen molar-refractivity contribution in [1.82, 2.24) is 20.1 Å². The number of nitrogens with one attached hydrogen (secondary N) is 2. The van der Waals surface area contributed by atoms with Crippen molar-refractivity contribution in [2.24, 2.45) is 5.92 Å². The number of nitrogens with zero attached hydrogens (tertiary/aromatic N) is 2. The summed E-state index contributed by atoms with van der Waals surface area (Å²) in [6, 6.07) is 5.46. The van der Waals surface area contributed by atoms with Gasteiger partial charge in [-0.2, -0.15) is 0 Å².